The van der Waals surface area contributed by atoms with Gasteiger partial charge < -0.3 is 15.5 Å². The van der Waals surface area contributed by atoms with Crippen LogP contribution in [0.4, 0.5) is 10.1 Å². The maximum Gasteiger partial charge on any atom is 0.240 e. The molecular weight excluding hydrogens is 465 g/mol. The minimum Gasteiger partial charge on any atom is -0.486 e. The average molecular weight is 490 g/mol. The number of carbonyl (C=O) groups is 1. The Morgan fingerprint density at radius 3 is 2.57 bits per heavy atom. The highest BCUT2D eigenvalue weighted by Crippen LogP contribution is 2.38. The number of amides is 1. The van der Waals surface area contributed by atoms with Crippen molar-refractivity contribution in [2.45, 2.75) is 36.4 Å². The van der Waals surface area contributed by atoms with E-state index in [0.29, 0.717) is 11.0 Å². The summed E-state index contributed by atoms with van der Waals surface area (Å²) in [6.07, 6.45) is 0.799. The molecule has 2 unspecified atom stereocenters. The van der Waals surface area contributed by atoms with E-state index in [1.807, 2.05) is 61.5 Å². The van der Waals surface area contributed by atoms with Crippen molar-refractivity contribution in [3.05, 3.63) is 102 Å². The Hall–Kier alpha value is -3.85. The number of thioether (sulfide) groups is 1. The van der Waals surface area contributed by atoms with E-state index in [-0.39, 0.29) is 18.3 Å². The van der Waals surface area contributed by atoms with Crippen LogP contribution in [0, 0.1) is 5.82 Å². The summed E-state index contributed by atoms with van der Waals surface area (Å²) in [7, 11) is 0. The van der Waals surface area contributed by atoms with E-state index in [1.165, 1.54) is 23.9 Å². The average Bonchev–Trinajstić information content (AvgIpc) is 3.30. The molecule has 3 aromatic carbocycles. The Kier molecular flexibility index (Phi) is 6.67. The van der Waals surface area contributed by atoms with E-state index in [0.717, 1.165) is 29.0 Å². The van der Waals surface area contributed by atoms with Crippen LogP contribution in [0.1, 0.15) is 29.9 Å². The first-order valence-electron chi connectivity index (χ1n) is 11.3. The molecular formula is C26H24FN5O2S. The van der Waals surface area contributed by atoms with Crippen LogP contribution < -0.4 is 15.5 Å². The van der Waals surface area contributed by atoms with Gasteiger partial charge in [0.25, 0.3) is 0 Å². The molecule has 1 aromatic heterocycles. The van der Waals surface area contributed by atoms with E-state index in [9.17, 15) is 9.18 Å². The topological polar surface area (TPSA) is 81.1 Å². The number of nitrogens with zero attached hydrogens (tertiary/aromatic N) is 3. The lowest BCUT2D eigenvalue weighted by Gasteiger charge is -2.33. The van der Waals surface area contributed by atoms with E-state index in [2.05, 4.69) is 20.9 Å². The summed E-state index contributed by atoms with van der Waals surface area (Å²) < 4.78 is 21.2. The fourth-order valence-corrected chi connectivity index (χ4v) is 5.03. The van der Waals surface area contributed by atoms with Gasteiger partial charge in [-0.2, -0.15) is 0 Å². The zero-order valence-electron chi connectivity index (χ0n) is 19.0. The number of halogens is 1. The zero-order chi connectivity index (χ0) is 24.2. The highest BCUT2D eigenvalue weighted by molar-refractivity contribution is 8.00. The standard InChI is InChI=1S/C26H24FN5O2S/c1-2-17-8-6-7-11-21(17)28-25(33)24-23(18-12-14-19(27)15-13-18)31-32-22(29-30-26(32)35-24)16-34-20-9-4-3-5-10-20/h3-15,23-24,31H,2,16H2,1H3,(H,28,33). The van der Waals surface area contributed by atoms with Gasteiger partial charge >= 0.3 is 0 Å². The van der Waals surface area contributed by atoms with E-state index in [4.69, 9.17) is 4.74 Å². The maximum atomic E-state index is 13.6. The molecule has 0 saturated carbocycles. The van der Waals surface area contributed by atoms with Crippen LogP contribution in [-0.2, 0) is 17.8 Å². The molecule has 0 bridgehead atoms. The van der Waals surface area contributed by atoms with Crippen molar-refractivity contribution >= 4 is 23.4 Å². The molecule has 5 rings (SSSR count). The van der Waals surface area contributed by atoms with E-state index >= 15 is 0 Å². The lowest BCUT2D eigenvalue weighted by atomic mass is 10.0. The van der Waals surface area contributed by atoms with Crippen LogP contribution in [-0.4, -0.2) is 26.0 Å². The van der Waals surface area contributed by atoms with Crippen LogP contribution in [0.5, 0.6) is 5.75 Å². The lowest BCUT2D eigenvalue weighted by Crippen LogP contribution is -2.41. The van der Waals surface area contributed by atoms with Gasteiger partial charge in [0, 0.05) is 5.69 Å². The maximum absolute atomic E-state index is 13.6. The number of nitrogens with one attached hydrogen (secondary N) is 2. The summed E-state index contributed by atoms with van der Waals surface area (Å²) in [6.45, 7) is 2.24. The van der Waals surface area contributed by atoms with Crippen LogP contribution in [0.2, 0.25) is 0 Å². The van der Waals surface area contributed by atoms with Gasteiger partial charge in [-0.05, 0) is 47.9 Å². The quantitative estimate of drug-likeness (QED) is 0.382. The molecule has 1 amide bonds. The third-order valence-electron chi connectivity index (χ3n) is 5.76. The second-order valence-electron chi connectivity index (χ2n) is 8.03. The number of aryl methyl sites for hydroxylation is 1. The monoisotopic (exact) mass is 489 g/mol. The molecule has 4 aromatic rings. The molecule has 7 nitrogen and oxygen atoms in total. The van der Waals surface area contributed by atoms with Crippen molar-refractivity contribution in [2.75, 3.05) is 10.7 Å². The third-order valence-corrected chi connectivity index (χ3v) is 6.97. The van der Waals surface area contributed by atoms with Crippen molar-refractivity contribution in [2.24, 2.45) is 0 Å². The molecule has 0 saturated heterocycles. The molecule has 0 spiro atoms. The fraction of sp³-hybridized carbons (Fsp3) is 0.192. The van der Waals surface area contributed by atoms with Crippen LogP contribution in [0.15, 0.2) is 84.0 Å². The molecule has 178 valence electrons. The van der Waals surface area contributed by atoms with Crippen molar-refractivity contribution in [1.29, 1.82) is 0 Å². The largest absolute Gasteiger partial charge is 0.486 e. The molecule has 35 heavy (non-hydrogen) atoms. The van der Waals surface area contributed by atoms with Crippen LogP contribution in [0.25, 0.3) is 0 Å². The Labute approximate surface area is 206 Å². The minimum absolute atomic E-state index is 0.172. The summed E-state index contributed by atoms with van der Waals surface area (Å²) >= 11 is 1.31. The van der Waals surface area contributed by atoms with Crippen molar-refractivity contribution in [1.82, 2.24) is 14.9 Å². The first kappa shape index (κ1) is 22.9. The summed E-state index contributed by atoms with van der Waals surface area (Å²) in [5.74, 6) is 0.778. The third kappa shape index (κ3) is 5.00. The summed E-state index contributed by atoms with van der Waals surface area (Å²) in [4.78, 5) is 13.5. The lowest BCUT2D eigenvalue weighted by molar-refractivity contribution is -0.116. The van der Waals surface area contributed by atoms with Gasteiger partial charge in [0.2, 0.25) is 11.1 Å². The predicted molar refractivity (Wildman–Crippen MR) is 133 cm³/mol. The summed E-state index contributed by atoms with van der Waals surface area (Å²) in [5, 5.41) is 11.6. The first-order chi connectivity index (χ1) is 17.1. The van der Waals surface area contributed by atoms with Gasteiger partial charge in [-0.15, -0.1) is 10.2 Å². The predicted octanol–water partition coefficient (Wildman–Crippen LogP) is 4.96. The van der Waals surface area contributed by atoms with Gasteiger partial charge in [0.15, 0.2) is 5.82 Å². The molecule has 1 aliphatic heterocycles. The fourth-order valence-electron chi connectivity index (χ4n) is 3.93. The Balaban J connectivity index is 1.43. The van der Waals surface area contributed by atoms with Gasteiger partial charge in [-0.25, -0.2) is 9.07 Å². The normalized spacial score (nSPS) is 16.7. The number of anilines is 1. The molecule has 0 radical (unpaired) electrons. The zero-order valence-corrected chi connectivity index (χ0v) is 19.8. The van der Waals surface area contributed by atoms with Crippen molar-refractivity contribution in [3.63, 3.8) is 0 Å². The summed E-state index contributed by atoms with van der Waals surface area (Å²) in [5.41, 5.74) is 5.98. The molecule has 2 heterocycles. The number of ether oxygens (including phenoxy) is 1. The number of rotatable bonds is 7. The van der Waals surface area contributed by atoms with E-state index in [1.54, 1.807) is 16.8 Å². The number of fused-ring (bicyclic) bond motifs is 1. The second kappa shape index (κ2) is 10.2. The van der Waals surface area contributed by atoms with Gasteiger partial charge in [-0.3, -0.25) is 4.79 Å². The second-order valence-corrected chi connectivity index (χ2v) is 9.14. The van der Waals surface area contributed by atoms with E-state index < -0.39 is 11.3 Å². The highest BCUT2D eigenvalue weighted by atomic mass is 32.2. The minimum atomic E-state index is -0.565. The Morgan fingerprint density at radius 2 is 1.80 bits per heavy atom. The Bertz CT molecular complexity index is 1310. The number of carbonyl (C=O) groups excluding carboxylic acids is 1. The van der Waals surface area contributed by atoms with Gasteiger partial charge in [-0.1, -0.05) is 67.2 Å². The SMILES string of the molecule is CCc1ccccc1NC(=O)C1Sc2nnc(COc3ccccc3)n2NC1c1ccc(F)cc1. The number of benzene rings is 3. The van der Waals surface area contributed by atoms with Crippen LogP contribution >= 0.6 is 11.8 Å². The Morgan fingerprint density at radius 1 is 1.06 bits per heavy atom. The number of hydrogen-bond acceptors (Lipinski definition) is 6. The molecule has 2 N–H and O–H groups in total. The van der Waals surface area contributed by atoms with Crippen molar-refractivity contribution in [3.8, 4) is 5.75 Å². The molecule has 9 heteroatoms. The number of hydrogen-bond donors (Lipinski definition) is 2. The molecule has 0 fully saturated rings. The highest BCUT2D eigenvalue weighted by Gasteiger charge is 2.38. The van der Waals surface area contributed by atoms with Gasteiger partial charge in [0.05, 0.1) is 6.04 Å². The van der Waals surface area contributed by atoms with Gasteiger partial charge in [0.1, 0.15) is 23.4 Å². The van der Waals surface area contributed by atoms with Crippen LogP contribution in [0.3, 0.4) is 0 Å². The molecule has 0 aliphatic carbocycles. The molecule has 1 aliphatic rings. The summed E-state index contributed by atoms with van der Waals surface area (Å²) in [6, 6.07) is 22.9. The smallest absolute Gasteiger partial charge is 0.240 e. The number of aromatic nitrogens is 3. The first-order valence-corrected chi connectivity index (χ1v) is 12.2. The molecule has 2 atom stereocenters. The van der Waals surface area contributed by atoms with Crippen molar-refractivity contribution < 1.29 is 13.9 Å². The number of para-hydroxylation sites is 2.